The molecule has 3 aliphatic rings. The third-order valence-corrected chi connectivity index (χ3v) is 6.74. The van der Waals surface area contributed by atoms with Gasteiger partial charge in [-0.1, -0.05) is 12.1 Å². The van der Waals surface area contributed by atoms with Crippen molar-refractivity contribution in [2.75, 3.05) is 14.2 Å². The Kier molecular flexibility index (Phi) is 6.54. The first-order valence-corrected chi connectivity index (χ1v) is 12.0. The number of carbonyl (C=O) groups excluding carboxylic acids is 3. The van der Waals surface area contributed by atoms with Gasteiger partial charge in [0.2, 0.25) is 0 Å². The van der Waals surface area contributed by atoms with Gasteiger partial charge in [0.1, 0.15) is 17.3 Å². The Morgan fingerprint density at radius 3 is 2.54 bits per heavy atom. The van der Waals surface area contributed by atoms with E-state index < -0.39 is 29.6 Å². The van der Waals surface area contributed by atoms with Crippen molar-refractivity contribution in [1.82, 2.24) is 25.7 Å². The molecule has 0 spiro atoms. The van der Waals surface area contributed by atoms with Crippen LogP contribution in [0.4, 0.5) is 13.6 Å². The number of rotatable bonds is 3. The van der Waals surface area contributed by atoms with Crippen molar-refractivity contribution in [3.63, 3.8) is 0 Å². The molecule has 0 saturated carbocycles. The number of benzene rings is 1. The average Bonchev–Trinajstić information content (AvgIpc) is 3.60. The summed E-state index contributed by atoms with van der Waals surface area (Å²) < 4.78 is 38.8. The minimum atomic E-state index is -0.891. The van der Waals surface area contributed by atoms with Gasteiger partial charge >= 0.3 is 6.03 Å². The van der Waals surface area contributed by atoms with Gasteiger partial charge in [-0.2, -0.15) is 5.10 Å². The minimum Gasteiger partial charge on any atom is -0.494 e. The molecule has 3 N–H and O–H groups in total. The summed E-state index contributed by atoms with van der Waals surface area (Å²) in [7, 11) is 3.03. The van der Waals surface area contributed by atoms with Crippen LogP contribution in [0.25, 0.3) is 11.6 Å². The smallest absolute Gasteiger partial charge is 0.322 e. The molecule has 12 heteroatoms. The first-order valence-electron chi connectivity index (χ1n) is 12.0. The Morgan fingerprint density at radius 2 is 1.90 bits per heavy atom. The van der Waals surface area contributed by atoms with Crippen LogP contribution in [0.3, 0.4) is 0 Å². The second kappa shape index (κ2) is 9.86. The largest absolute Gasteiger partial charge is 0.494 e. The normalized spacial score (nSPS) is 17.8. The second-order valence-corrected chi connectivity index (χ2v) is 9.33. The molecule has 1 aliphatic carbocycles. The van der Waals surface area contributed by atoms with E-state index in [1.54, 1.807) is 31.3 Å². The summed E-state index contributed by atoms with van der Waals surface area (Å²) in [4.78, 5) is 36.0. The number of H-pyrrole nitrogens is 1. The van der Waals surface area contributed by atoms with E-state index in [-0.39, 0.29) is 23.0 Å². The number of aromatic amines is 1. The van der Waals surface area contributed by atoms with E-state index in [1.165, 1.54) is 18.1 Å². The Balaban J connectivity index is 0.000000186. The van der Waals surface area contributed by atoms with Gasteiger partial charge < -0.3 is 19.4 Å². The molecule has 0 bridgehead atoms. The van der Waals surface area contributed by atoms with Crippen molar-refractivity contribution in [2.24, 2.45) is 0 Å². The van der Waals surface area contributed by atoms with Crippen molar-refractivity contribution < 1.29 is 32.3 Å². The lowest BCUT2D eigenvalue weighted by Crippen LogP contribution is -2.22. The number of aromatic nitrogens is 2. The van der Waals surface area contributed by atoms with E-state index >= 15 is 0 Å². The van der Waals surface area contributed by atoms with E-state index in [0.717, 1.165) is 28.1 Å². The summed E-state index contributed by atoms with van der Waals surface area (Å²) in [5.74, 6) is -1.02. The molecule has 4 heterocycles. The van der Waals surface area contributed by atoms with Crippen LogP contribution >= 0.6 is 0 Å². The zero-order valence-corrected chi connectivity index (χ0v) is 21.6. The van der Waals surface area contributed by atoms with E-state index in [1.807, 2.05) is 13.8 Å². The number of ether oxygens (including phenoxy) is 1. The first-order chi connectivity index (χ1) is 18.6. The molecule has 2 aliphatic heterocycles. The van der Waals surface area contributed by atoms with Crippen LogP contribution < -0.4 is 15.4 Å². The number of imide groups is 1. The number of halogens is 2. The number of nitrogens with one attached hydrogen (secondary N) is 3. The summed E-state index contributed by atoms with van der Waals surface area (Å²) in [5.41, 5.74) is 4.31. The van der Waals surface area contributed by atoms with Crippen molar-refractivity contribution in [1.29, 1.82) is 0 Å². The molecular formula is C27H25F2N5O5. The van der Waals surface area contributed by atoms with E-state index in [4.69, 9.17) is 9.15 Å². The second-order valence-electron chi connectivity index (χ2n) is 9.33. The minimum absolute atomic E-state index is 0.118. The number of aryl methyl sites for hydroxylation is 2. The lowest BCUT2D eigenvalue weighted by atomic mass is 10.0. The number of hydrogen-bond acceptors (Lipinski definition) is 6. The number of furan rings is 1. The Labute approximate surface area is 221 Å². The highest BCUT2D eigenvalue weighted by Crippen LogP contribution is 2.35. The Bertz CT molecular complexity index is 1570. The molecular weight excluding hydrogens is 512 g/mol. The van der Waals surface area contributed by atoms with Gasteiger partial charge in [-0.05, 0) is 38.0 Å². The van der Waals surface area contributed by atoms with Crippen molar-refractivity contribution in [2.45, 2.75) is 32.9 Å². The maximum absolute atomic E-state index is 14.8. The molecule has 3 aromatic rings. The molecule has 39 heavy (non-hydrogen) atoms. The predicted molar refractivity (Wildman–Crippen MR) is 136 cm³/mol. The number of amides is 4. The summed E-state index contributed by atoms with van der Waals surface area (Å²) >= 11 is 0. The molecule has 0 radical (unpaired) electrons. The first kappa shape index (κ1) is 25.9. The SMILES string of the molecule is COc1ccc2c(c1F)C(=O)N(C)C2.Cc1n[nH]c(C)c1C1=CCc2cc(C3NC(=O)NC3=O)oc2C=C1F. The number of methoxy groups -OCH3 is 1. The third kappa shape index (κ3) is 4.58. The Hall–Kier alpha value is -4.74. The topological polar surface area (TPSA) is 130 Å². The molecule has 1 fully saturated rings. The van der Waals surface area contributed by atoms with Crippen LogP contribution in [-0.4, -0.2) is 47.1 Å². The van der Waals surface area contributed by atoms with E-state index in [0.29, 0.717) is 24.3 Å². The van der Waals surface area contributed by atoms with Gasteiger partial charge in [0.25, 0.3) is 11.8 Å². The van der Waals surface area contributed by atoms with Crippen LogP contribution in [0.2, 0.25) is 0 Å². The van der Waals surface area contributed by atoms with E-state index in [9.17, 15) is 23.2 Å². The number of carbonyl (C=O) groups is 3. The zero-order valence-electron chi connectivity index (χ0n) is 21.6. The van der Waals surface area contributed by atoms with Gasteiger partial charge in [-0.3, -0.25) is 20.0 Å². The summed E-state index contributed by atoms with van der Waals surface area (Å²) in [6.07, 6.45) is 3.51. The fourth-order valence-electron chi connectivity index (χ4n) is 4.81. The van der Waals surface area contributed by atoms with Crippen molar-refractivity contribution in [3.8, 4) is 5.75 Å². The van der Waals surface area contributed by atoms with Crippen LogP contribution in [0.5, 0.6) is 5.75 Å². The van der Waals surface area contributed by atoms with Crippen LogP contribution in [0.15, 0.2) is 34.5 Å². The summed E-state index contributed by atoms with van der Waals surface area (Å²) in [6.45, 7) is 4.12. The van der Waals surface area contributed by atoms with Gasteiger partial charge in [-0.15, -0.1) is 0 Å². The van der Waals surface area contributed by atoms with Crippen LogP contribution in [0, 0.1) is 19.7 Å². The maximum Gasteiger partial charge on any atom is 0.322 e. The fraction of sp³-hybridized carbons (Fsp3) is 0.259. The van der Waals surface area contributed by atoms with Crippen molar-refractivity contribution >= 4 is 29.5 Å². The quantitative estimate of drug-likeness (QED) is 0.435. The van der Waals surface area contributed by atoms with Crippen molar-refractivity contribution in [3.05, 3.63) is 81.1 Å². The highest BCUT2D eigenvalue weighted by molar-refractivity contribution is 6.04. The van der Waals surface area contributed by atoms with Gasteiger partial charge in [-0.25, -0.2) is 13.6 Å². The van der Waals surface area contributed by atoms with Crippen LogP contribution in [-0.2, 0) is 17.8 Å². The molecule has 1 saturated heterocycles. The average molecular weight is 538 g/mol. The fourth-order valence-corrected chi connectivity index (χ4v) is 4.81. The standard InChI is InChI=1S/C17H15FN4O3.C10H10FNO2/c1-7-14(8(2)22-21-7)10-4-3-9-5-13(25-12(9)6-11(10)18)15-16(23)20-17(24)19-15;1-12-5-6-3-4-7(14-2)9(11)8(6)10(12)13/h4-6,15H,3H2,1-2H3,(H,21,22)(H2,19,20,23,24);3-4H,5H2,1-2H3. The molecule has 6 rings (SSSR count). The number of nitrogens with zero attached hydrogens (tertiary/aromatic N) is 2. The lowest BCUT2D eigenvalue weighted by molar-refractivity contribution is -0.120. The predicted octanol–water partition coefficient (Wildman–Crippen LogP) is 3.87. The zero-order chi connectivity index (χ0) is 28.0. The number of fused-ring (bicyclic) bond motifs is 2. The number of hydrogen-bond donors (Lipinski definition) is 3. The molecule has 202 valence electrons. The molecule has 1 aromatic carbocycles. The molecule has 4 amide bonds. The highest BCUT2D eigenvalue weighted by atomic mass is 19.1. The van der Waals surface area contributed by atoms with E-state index in [2.05, 4.69) is 20.8 Å². The third-order valence-electron chi connectivity index (χ3n) is 6.74. The highest BCUT2D eigenvalue weighted by Gasteiger charge is 2.34. The summed E-state index contributed by atoms with van der Waals surface area (Å²) in [5, 5.41) is 11.6. The number of allylic oxidation sites excluding steroid dienone is 3. The lowest BCUT2D eigenvalue weighted by Gasteiger charge is -2.05. The Morgan fingerprint density at radius 1 is 1.13 bits per heavy atom. The molecule has 2 aromatic heterocycles. The molecule has 1 atom stereocenters. The van der Waals surface area contributed by atoms with Crippen LogP contribution in [0.1, 0.15) is 56.0 Å². The molecule has 1 unspecified atom stereocenters. The van der Waals surface area contributed by atoms with Gasteiger partial charge in [0.15, 0.2) is 17.6 Å². The van der Waals surface area contributed by atoms with Gasteiger partial charge in [0.05, 0.1) is 18.4 Å². The summed E-state index contributed by atoms with van der Waals surface area (Å²) in [6, 6.07) is 3.47. The van der Waals surface area contributed by atoms with Gasteiger partial charge in [0, 0.05) is 42.1 Å². The number of urea groups is 1. The monoisotopic (exact) mass is 537 g/mol. The molecule has 10 nitrogen and oxygen atoms in total. The maximum atomic E-state index is 14.8.